The average Bonchev–Trinajstić information content (AvgIpc) is 2.18. The van der Waals surface area contributed by atoms with Gasteiger partial charge in [0.15, 0.2) is 0 Å². The van der Waals surface area contributed by atoms with Crippen LogP contribution in [0.4, 0.5) is 0 Å². The smallest absolute Gasteiger partial charge is 0.246 e. The molecule has 0 aliphatic carbocycles. The maximum absolute atomic E-state index is 11.4. The molecule has 1 rings (SSSR count). The van der Waals surface area contributed by atoms with Gasteiger partial charge in [-0.15, -0.1) is 0 Å². The summed E-state index contributed by atoms with van der Waals surface area (Å²) in [4.78, 5) is 13.3. The molecule has 1 aliphatic rings. The lowest BCUT2D eigenvalue weighted by atomic mass is 10.0. The van der Waals surface area contributed by atoms with E-state index in [0.717, 1.165) is 19.4 Å². The molecule has 0 bridgehead atoms. The zero-order valence-corrected chi connectivity index (χ0v) is 8.16. The molecule has 0 N–H and O–H groups in total. The first-order valence-corrected chi connectivity index (χ1v) is 4.71. The van der Waals surface area contributed by atoms with Crippen LogP contribution in [0.15, 0.2) is 12.7 Å². The summed E-state index contributed by atoms with van der Waals surface area (Å²) in [5.41, 5.74) is 0. The first kappa shape index (κ1) is 10.3. The SMILES string of the molecule is C=CC(=O)N1CCCCC1COC. The van der Waals surface area contributed by atoms with Crippen molar-refractivity contribution in [3.05, 3.63) is 12.7 Å². The number of hydrogen-bond acceptors (Lipinski definition) is 2. The number of ether oxygens (including phenoxy) is 1. The van der Waals surface area contributed by atoms with E-state index in [4.69, 9.17) is 4.74 Å². The molecular weight excluding hydrogens is 166 g/mol. The Labute approximate surface area is 79.4 Å². The number of methoxy groups -OCH3 is 1. The molecule has 0 saturated carbocycles. The lowest BCUT2D eigenvalue weighted by Crippen LogP contribution is -2.45. The molecule has 1 amide bonds. The molecule has 0 aromatic heterocycles. The molecule has 1 saturated heterocycles. The topological polar surface area (TPSA) is 29.5 Å². The second kappa shape index (κ2) is 5.02. The fraction of sp³-hybridized carbons (Fsp3) is 0.700. The average molecular weight is 183 g/mol. The molecule has 3 heteroatoms. The third-order valence-electron chi connectivity index (χ3n) is 2.44. The second-order valence-electron chi connectivity index (χ2n) is 3.34. The highest BCUT2D eigenvalue weighted by Crippen LogP contribution is 2.17. The summed E-state index contributed by atoms with van der Waals surface area (Å²) in [6, 6.07) is 0.254. The van der Waals surface area contributed by atoms with Gasteiger partial charge in [-0.2, -0.15) is 0 Å². The van der Waals surface area contributed by atoms with Crippen LogP contribution in [0.1, 0.15) is 19.3 Å². The van der Waals surface area contributed by atoms with Crippen molar-refractivity contribution in [2.24, 2.45) is 0 Å². The van der Waals surface area contributed by atoms with Gasteiger partial charge in [0.2, 0.25) is 5.91 Å². The van der Waals surface area contributed by atoms with E-state index in [9.17, 15) is 4.79 Å². The molecule has 74 valence electrons. The number of amides is 1. The van der Waals surface area contributed by atoms with Gasteiger partial charge in [0.05, 0.1) is 12.6 Å². The van der Waals surface area contributed by atoms with Crippen LogP contribution in [-0.2, 0) is 9.53 Å². The summed E-state index contributed by atoms with van der Waals surface area (Å²) in [7, 11) is 1.67. The predicted octanol–water partition coefficient (Wildman–Crippen LogP) is 1.20. The molecule has 1 atom stereocenters. The third kappa shape index (κ3) is 2.56. The van der Waals surface area contributed by atoms with Gasteiger partial charge in [0.25, 0.3) is 0 Å². The Bertz CT molecular complexity index is 189. The second-order valence-corrected chi connectivity index (χ2v) is 3.34. The van der Waals surface area contributed by atoms with Gasteiger partial charge in [-0.05, 0) is 25.3 Å². The minimum absolute atomic E-state index is 0.0294. The minimum atomic E-state index is 0.0294. The third-order valence-corrected chi connectivity index (χ3v) is 2.44. The Hall–Kier alpha value is -0.830. The molecule has 0 aromatic rings. The van der Waals surface area contributed by atoms with Gasteiger partial charge in [-0.25, -0.2) is 0 Å². The summed E-state index contributed by atoms with van der Waals surface area (Å²) in [5.74, 6) is 0.0294. The molecule has 3 nitrogen and oxygen atoms in total. The summed E-state index contributed by atoms with van der Waals surface area (Å²) in [6.07, 6.45) is 4.72. The molecule has 0 spiro atoms. The van der Waals surface area contributed by atoms with Gasteiger partial charge in [0, 0.05) is 13.7 Å². The molecule has 0 radical (unpaired) electrons. The Morgan fingerprint density at radius 3 is 3.08 bits per heavy atom. The Balaban J connectivity index is 2.55. The number of carbonyl (C=O) groups is 1. The highest BCUT2D eigenvalue weighted by Gasteiger charge is 2.24. The normalized spacial score (nSPS) is 22.8. The molecule has 1 heterocycles. The molecule has 13 heavy (non-hydrogen) atoms. The maximum atomic E-state index is 11.4. The van der Waals surface area contributed by atoms with E-state index >= 15 is 0 Å². The largest absolute Gasteiger partial charge is 0.383 e. The van der Waals surface area contributed by atoms with Crippen molar-refractivity contribution in [2.45, 2.75) is 25.3 Å². The van der Waals surface area contributed by atoms with E-state index in [-0.39, 0.29) is 11.9 Å². The van der Waals surface area contributed by atoms with E-state index in [0.29, 0.717) is 6.61 Å². The Kier molecular flexibility index (Phi) is 3.96. The Morgan fingerprint density at radius 1 is 1.69 bits per heavy atom. The lowest BCUT2D eigenvalue weighted by Gasteiger charge is -2.34. The van der Waals surface area contributed by atoms with E-state index in [1.807, 2.05) is 4.90 Å². The maximum Gasteiger partial charge on any atom is 0.246 e. The van der Waals surface area contributed by atoms with Crippen molar-refractivity contribution in [1.82, 2.24) is 4.90 Å². The highest BCUT2D eigenvalue weighted by molar-refractivity contribution is 5.87. The molecule has 1 unspecified atom stereocenters. The van der Waals surface area contributed by atoms with Crippen LogP contribution < -0.4 is 0 Å². The van der Waals surface area contributed by atoms with Crippen LogP contribution in [0, 0.1) is 0 Å². The Morgan fingerprint density at radius 2 is 2.46 bits per heavy atom. The van der Waals surface area contributed by atoms with Gasteiger partial charge in [0.1, 0.15) is 0 Å². The van der Waals surface area contributed by atoms with E-state index in [1.54, 1.807) is 7.11 Å². The van der Waals surface area contributed by atoms with Crippen molar-refractivity contribution in [1.29, 1.82) is 0 Å². The van der Waals surface area contributed by atoms with Crippen molar-refractivity contribution < 1.29 is 9.53 Å². The van der Waals surface area contributed by atoms with Gasteiger partial charge < -0.3 is 9.64 Å². The summed E-state index contributed by atoms with van der Waals surface area (Å²) in [5, 5.41) is 0. The van der Waals surface area contributed by atoms with Gasteiger partial charge >= 0.3 is 0 Å². The fourth-order valence-electron chi connectivity index (χ4n) is 1.77. The quantitative estimate of drug-likeness (QED) is 0.615. The zero-order valence-electron chi connectivity index (χ0n) is 8.16. The van der Waals surface area contributed by atoms with Gasteiger partial charge in [-0.1, -0.05) is 6.58 Å². The standard InChI is InChI=1S/C10H17NO2/c1-3-10(12)11-7-5-4-6-9(11)8-13-2/h3,9H,1,4-8H2,2H3. The summed E-state index contributed by atoms with van der Waals surface area (Å²) < 4.78 is 5.08. The monoisotopic (exact) mass is 183 g/mol. The molecular formula is C10H17NO2. The predicted molar refractivity (Wildman–Crippen MR) is 51.4 cm³/mol. The van der Waals surface area contributed by atoms with Crippen LogP contribution >= 0.6 is 0 Å². The first-order valence-electron chi connectivity index (χ1n) is 4.71. The van der Waals surface area contributed by atoms with Crippen LogP contribution in [0.2, 0.25) is 0 Å². The van der Waals surface area contributed by atoms with E-state index in [2.05, 4.69) is 6.58 Å². The molecule has 1 aliphatic heterocycles. The van der Waals surface area contributed by atoms with E-state index in [1.165, 1.54) is 12.5 Å². The number of nitrogens with zero attached hydrogens (tertiary/aromatic N) is 1. The van der Waals surface area contributed by atoms with Crippen LogP contribution in [0.3, 0.4) is 0 Å². The zero-order chi connectivity index (χ0) is 9.68. The summed E-state index contributed by atoms with van der Waals surface area (Å²) in [6.45, 7) is 4.98. The van der Waals surface area contributed by atoms with Gasteiger partial charge in [-0.3, -0.25) is 4.79 Å². The number of piperidine rings is 1. The van der Waals surface area contributed by atoms with Crippen molar-refractivity contribution >= 4 is 5.91 Å². The first-order chi connectivity index (χ1) is 6.29. The number of likely N-dealkylation sites (tertiary alicyclic amines) is 1. The number of carbonyl (C=O) groups excluding carboxylic acids is 1. The summed E-state index contributed by atoms with van der Waals surface area (Å²) >= 11 is 0. The number of hydrogen-bond donors (Lipinski definition) is 0. The van der Waals surface area contributed by atoms with Crippen LogP contribution in [0.25, 0.3) is 0 Å². The van der Waals surface area contributed by atoms with Crippen molar-refractivity contribution in [2.75, 3.05) is 20.3 Å². The fourth-order valence-corrected chi connectivity index (χ4v) is 1.77. The van der Waals surface area contributed by atoms with Crippen LogP contribution in [-0.4, -0.2) is 37.1 Å². The number of rotatable bonds is 3. The van der Waals surface area contributed by atoms with Crippen molar-refractivity contribution in [3.8, 4) is 0 Å². The van der Waals surface area contributed by atoms with Crippen LogP contribution in [0.5, 0.6) is 0 Å². The highest BCUT2D eigenvalue weighted by atomic mass is 16.5. The van der Waals surface area contributed by atoms with Crippen molar-refractivity contribution in [3.63, 3.8) is 0 Å². The minimum Gasteiger partial charge on any atom is -0.383 e. The molecule has 1 fully saturated rings. The lowest BCUT2D eigenvalue weighted by molar-refractivity contribution is -0.130. The van der Waals surface area contributed by atoms with E-state index < -0.39 is 0 Å². The molecule has 0 aromatic carbocycles.